The van der Waals surface area contributed by atoms with Crippen LogP contribution in [0.25, 0.3) is 21.7 Å². The van der Waals surface area contributed by atoms with Gasteiger partial charge in [-0.05, 0) is 66.9 Å². The number of nitrogens with zero attached hydrogens (tertiary/aromatic N) is 2. The molecule has 5 aromatic rings. The molecule has 3 heterocycles. The summed E-state index contributed by atoms with van der Waals surface area (Å²) < 4.78 is 42.9. The minimum atomic E-state index is -3.84. The van der Waals surface area contributed by atoms with E-state index in [4.69, 9.17) is 0 Å². The zero-order valence-electron chi connectivity index (χ0n) is 19.5. The maximum atomic E-state index is 13.9. The highest BCUT2D eigenvalue weighted by Crippen LogP contribution is 2.32. The van der Waals surface area contributed by atoms with Gasteiger partial charge >= 0.3 is 0 Å². The third-order valence-corrected chi connectivity index (χ3v) is 7.47. The Hall–Kier alpha value is -4.15. The highest BCUT2D eigenvalue weighted by molar-refractivity contribution is 7.89. The van der Waals surface area contributed by atoms with Crippen molar-refractivity contribution < 1.29 is 12.8 Å². The molecule has 8 nitrogen and oxygen atoms in total. The normalized spacial score (nSPS) is 11.8. The number of H-pyrrole nitrogens is 1. The fourth-order valence-corrected chi connectivity index (χ4v) is 5.44. The molecule has 0 aliphatic heterocycles. The SMILES string of the molecule is Cc1cc(C)c(S(=O)(=O)NCc2cccnc2)cc1Nc1nc2ccc(F)cc2c2c(=O)[nH]ccc12. The number of aromatic amines is 1. The molecule has 0 atom stereocenters. The second-order valence-electron chi connectivity index (χ2n) is 8.46. The average molecular weight is 504 g/mol. The van der Waals surface area contributed by atoms with E-state index in [0.29, 0.717) is 38.7 Å². The average Bonchev–Trinajstić information content (AvgIpc) is 2.85. The van der Waals surface area contributed by atoms with Gasteiger partial charge in [0.1, 0.15) is 11.6 Å². The minimum absolute atomic E-state index is 0.0997. The predicted octanol–water partition coefficient (Wildman–Crippen LogP) is 4.45. The molecule has 5 rings (SSSR count). The van der Waals surface area contributed by atoms with Crippen molar-refractivity contribution in [1.29, 1.82) is 0 Å². The second-order valence-corrected chi connectivity index (χ2v) is 10.2. The molecular formula is C26H22FN5O3S. The number of anilines is 2. The van der Waals surface area contributed by atoms with E-state index in [1.807, 2.05) is 6.92 Å². The van der Waals surface area contributed by atoms with Crippen LogP contribution in [-0.2, 0) is 16.6 Å². The van der Waals surface area contributed by atoms with Gasteiger partial charge in [-0.25, -0.2) is 22.5 Å². The van der Waals surface area contributed by atoms with Crippen LogP contribution in [-0.4, -0.2) is 23.4 Å². The number of aryl methyl sites for hydroxylation is 2. The van der Waals surface area contributed by atoms with Crippen LogP contribution in [0, 0.1) is 19.7 Å². The molecule has 2 aromatic carbocycles. The van der Waals surface area contributed by atoms with Crippen molar-refractivity contribution in [3.8, 4) is 0 Å². The number of benzene rings is 2. The summed E-state index contributed by atoms with van der Waals surface area (Å²) in [7, 11) is -3.84. The van der Waals surface area contributed by atoms with Crippen molar-refractivity contribution in [2.75, 3.05) is 5.32 Å². The van der Waals surface area contributed by atoms with Gasteiger partial charge in [0.15, 0.2) is 0 Å². The topological polar surface area (TPSA) is 117 Å². The standard InChI is InChI=1S/C26H22FN5O3S/c1-15-10-16(2)23(36(34,35)30-14-17-4-3-8-28-13-17)12-22(15)32-25-19-7-9-29-26(33)24(19)20-11-18(27)5-6-21(20)31-25/h3-13,30H,14H2,1-2H3,(H,29,33)(H,31,32). The first-order valence-electron chi connectivity index (χ1n) is 11.1. The first-order chi connectivity index (χ1) is 17.2. The number of rotatable bonds is 6. The number of fused-ring (bicyclic) bond motifs is 3. The summed E-state index contributed by atoms with van der Waals surface area (Å²) in [4.78, 5) is 24.0. The van der Waals surface area contributed by atoms with Gasteiger partial charge < -0.3 is 10.3 Å². The van der Waals surface area contributed by atoms with Crippen molar-refractivity contribution in [3.05, 3.63) is 100.0 Å². The zero-order chi connectivity index (χ0) is 25.4. The fourth-order valence-electron chi connectivity index (χ4n) is 4.17. The van der Waals surface area contributed by atoms with Crippen molar-refractivity contribution >= 4 is 43.2 Å². The molecule has 0 amide bonds. The smallest absolute Gasteiger partial charge is 0.256 e. The number of hydrogen-bond donors (Lipinski definition) is 3. The Bertz CT molecular complexity index is 1790. The Morgan fingerprint density at radius 3 is 2.64 bits per heavy atom. The van der Waals surface area contributed by atoms with Crippen LogP contribution in [0.4, 0.5) is 15.9 Å². The molecule has 0 aliphatic rings. The maximum Gasteiger partial charge on any atom is 0.256 e. The third-order valence-electron chi connectivity index (χ3n) is 5.93. The van der Waals surface area contributed by atoms with E-state index >= 15 is 0 Å². The molecule has 0 unspecified atom stereocenters. The number of hydrogen-bond acceptors (Lipinski definition) is 6. The van der Waals surface area contributed by atoms with Crippen LogP contribution in [0.5, 0.6) is 0 Å². The lowest BCUT2D eigenvalue weighted by molar-refractivity contribution is 0.580. The van der Waals surface area contributed by atoms with Gasteiger partial charge in [-0.2, -0.15) is 0 Å². The monoisotopic (exact) mass is 503 g/mol. The summed E-state index contributed by atoms with van der Waals surface area (Å²) in [5.41, 5.74) is 2.67. The third kappa shape index (κ3) is 4.43. The van der Waals surface area contributed by atoms with Crippen LogP contribution < -0.4 is 15.6 Å². The second kappa shape index (κ2) is 9.14. The van der Waals surface area contributed by atoms with E-state index < -0.39 is 15.8 Å². The number of aromatic nitrogens is 3. The van der Waals surface area contributed by atoms with Crippen LogP contribution >= 0.6 is 0 Å². The number of pyridine rings is 3. The summed E-state index contributed by atoms with van der Waals surface area (Å²) in [6, 6.07) is 12.6. The first-order valence-corrected chi connectivity index (χ1v) is 12.6. The largest absolute Gasteiger partial charge is 0.339 e. The lowest BCUT2D eigenvalue weighted by Crippen LogP contribution is -2.24. The molecule has 36 heavy (non-hydrogen) atoms. The van der Waals surface area contributed by atoms with Crippen LogP contribution in [0.3, 0.4) is 0 Å². The number of halogens is 1. The van der Waals surface area contributed by atoms with E-state index in [1.165, 1.54) is 24.4 Å². The highest BCUT2D eigenvalue weighted by atomic mass is 32.2. The summed E-state index contributed by atoms with van der Waals surface area (Å²) in [5.74, 6) is -0.119. The highest BCUT2D eigenvalue weighted by Gasteiger charge is 2.20. The summed E-state index contributed by atoms with van der Waals surface area (Å²) in [6.45, 7) is 3.68. The molecule has 0 saturated heterocycles. The molecule has 3 aromatic heterocycles. The minimum Gasteiger partial charge on any atom is -0.339 e. The van der Waals surface area contributed by atoms with Crippen molar-refractivity contribution in [2.24, 2.45) is 0 Å². The van der Waals surface area contributed by atoms with E-state index in [9.17, 15) is 17.6 Å². The molecule has 0 aliphatic carbocycles. The lowest BCUT2D eigenvalue weighted by atomic mass is 10.1. The van der Waals surface area contributed by atoms with Crippen LogP contribution in [0.15, 0.2) is 76.8 Å². The molecule has 182 valence electrons. The maximum absolute atomic E-state index is 13.9. The van der Waals surface area contributed by atoms with E-state index in [2.05, 4.69) is 25.0 Å². The van der Waals surface area contributed by atoms with Crippen LogP contribution in [0.1, 0.15) is 16.7 Å². The van der Waals surface area contributed by atoms with Gasteiger partial charge in [-0.15, -0.1) is 0 Å². The molecule has 10 heteroatoms. The Kier molecular flexibility index (Phi) is 5.99. The van der Waals surface area contributed by atoms with Crippen molar-refractivity contribution in [1.82, 2.24) is 19.7 Å². The van der Waals surface area contributed by atoms with Gasteiger partial charge in [0.25, 0.3) is 5.56 Å². The van der Waals surface area contributed by atoms with Gasteiger partial charge in [-0.3, -0.25) is 9.78 Å². The van der Waals surface area contributed by atoms with Gasteiger partial charge in [0.05, 0.1) is 15.8 Å². The van der Waals surface area contributed by atoms with Crippen molar-refractivity contribution in [2.45, 2.75) is 25.3 Å². The molecule has 3 N–H and O–H groups in total. The Balaban J connectivity index is 1.58. The Labute approximate surface area is 206 Å². The van der Waals surface area contributed by atoms with E-state index in [0.717, 1.165) is 11.1 Å². The van der Waals surface area contributed by atoms with E-state index in [1.54, 1.807) is 49.6 Å². The van der Waals surface area contributed by atoms with Gasteiger partial charge in [0.2, 0.25) is 10.0 Å². The summed E-state index contributed by atoms with van der Waals surface area (Å²) in [5, 5.41) is 4.37. The van der Waals surface area contributed by atoms with Crippen LogP contribution in [0.2, 0.25) is 0 Å². The molecule has 0 saturated carbocycles. The first kappa shape index (κ1) is 23.6. The zero-order valence-corrected chi connectivity index (χ0v) is 20.3. The Morgan fingerprint density at radius 1 is 1.03 bits per heavy atom. The van der Waals surface area contributed by atoms with Gasteiger partial charge in [-0.1, -0.05) is 12.1 Å². The quantitative estimate of drug-likeness (QED) is 0.295. The molecule has 0 radical (unpaired) electrons. The van der Waals surface area contributed by atoms with Crippen molar-refractivity contribution in [3.63, 3.8) is 0 Å². The predicted molar refractivity (Wildman–Crippen MR) is 137 cm³/mol. The summed E-state index contributed by atoms with van der Waals surface area (Å²) >= 11 is 0. The Morgan fingerprint density at radius 2 is 1.86 bits per heavy atom. The molecular weight excluding hydrogens is 481 g/mol. The number of sulfonamides is 1. The fraction of sp³-hybridized carbons (Fsp3) is 0.115. The molecule has 0 bridgehead atoms. The van der Waals surface area contributed by atoms with E-state index in [-0.39, 0.29) is 17.0 Å². The summed E-state index contributed by atoms with van der Waals surface area (Å²) in [6.07, 6.45) is 4.71. The number of nitrogens with one attached hydrogen (secondary N) is 3. The molecule has 0 fully saturated rings. The lowest BCUT2D eigenvalue weighted by Gasteiger charge is -2.16. The molecule has 0 spiro atoms. The van der Waals surface area contributed by atoms with Gasteiger partial charge in [0, 0.05) is 41.6 Å².